The van der Waals surface area contributed by atoms with Crippen LogP contribution >= 0.6 is 35.0 Å². The molecule has 162 valence electrons. The van der Waals surface area contributed by atoms with Gasteiger partial charge in [0.05, 0.1) is 15.8 Å². The van der Waals surface area contributed by atoms with Gasteiger partial charge in [-0.15, -0.1) is 11.8 Å². The first-order valence-electron chi connectivity index (χ1n) is 10.00. The average Bonchev–Trinajstić information content (AvgIpc) is 2.70. The largest absolute Gasteiger partial charge is 0.355 e. The van der Waals surface area contributed by atoms with Crippen LogP contribution in [0.1, 0.15) is 37.0 Å². The Morgan fingerprint density at radius 3 is 2.47 bits per heavy atom. The fourth-order valence-corrected chi connectivity index (χ4v) is 4.37. The summed E-state index contributed by atoms with van der Waals surface area (Å²) in [6, 6.07) is 13.0. The fourth-order valence-electron chi connectivity index (χ4n) is 3.19. The number of aryl methyl sites for hydroxylation is 1. The maximum Gasteiger partial charge on any atom is 0.242 e. The van der Waals surface area contributed by atoms with Gasteiger partial charge in [-0.3, -0.25) is 9.59 Å². The molecule has 0 aliphatic heterocycles. The maximum atomic E-state index is 13.1. The summed E-state index contributed by atoms with van der Waals surface area (Å²) in [6.45, 7) is 6.65. The Balaban J connectivity index is 2.14. The van der Waals surface area contributed by atoms with Crippen LogP contribution in [0.3, 0.4) is 0 Å². The van der Waals surface area contributed by atoms with Gasteiger partial charge in [0, 0.05) is 18.8 Å². The SMILES string of the molecule is CCNC(=O)C(CC)N(Cc1ccc(Cl)c(Cl)c1)C(=O)CSCc1cccc(C)c1. The van der Waals surface area contributed by atoms with E-state index in [1.54, 1.807) is 28.8 Å². The molecule has 7 heteroatoms. The highest BCUT2D eigenvalue weighted by molar-refractivity contribution is 7.99. The van der Waals surface area contributed by atoms with Gasteiger partial charge in [0.1, 0.15) is 6.04 Å². The summed E-state index contributed by atoms with van der Waals surface area (Å²) in [6.07, 6.45) is 0.529. The number of carbonyl (C=O) groups excluding carboxylic acids is 2. The van der Waals surface area contributed by atoms with Crippen molar-refractivity contribution in [3.05, 3.63) is 69.2 Å². The number of likely N-dealkylation sites (N-methyl/N-ethyl adjacent to an activating group) is 1. The van der Waals surface area contributed by atoms with E-state index in [1.165, 1.54) is 11.1 Å². The smallest absolute Gasteiger partial charge is 0.242 e. The highest BCUT2D eigenvalue weighted by atomic mass is 35.5. The molecule has 0 saturated carbocycles. The predicted octanol–water partition coefficient (Wildman–Crippen LogP) is 5.48. The predicted molar refractivity (Wildman–Crippen MR) is 127 cm³/mol. The number of amides is 2. The van der Waals surface area contributed by atoms with Crippen LogP contribution in [0.2, 0.25) is 10.0 Å². The van der Waals surface area contributed by atoms with Crippen LogP contribution in [0, 0.1) is 6.92 Å². The van der Waals surface area contributed by atoms with E-state index in [-0.39, 0.29) is 11.8 Å². The van der Waals surface area contributed by atoms with E-state index in [2.05, 4.69) is 30.4 Å². The van der Waals surface area contributed by atoms with Crippen LogP contribution in [0.25, 0.3) is 0 Å². The van der Waals surface area contributed by atoms with Gasteiger partial charge in [0.2, 0.25) is 11.8 Å². The Hall–Kier alpha value is -1.69. The van der Waals surface area contributed by atoms with E-state index in [9.17, 15) is 9.59 Å². The van der Waals surface area contributed by atoms with Crippen molar-refractivity contribution in [3.63, 3.8) is 0 Å². The monoisotopic (exact) mass is 466 g/mol. The normalized spacial score (nSPS) is 11.8. The average molecular weight is 467 g/mol. The summed E-state index contributed by atoms with van der Waals surface area (Å²) in [5, 5.41) is 3.73. The highest BCUT2D eigenvalue weighted by Gasteiger charge is 2.28. The van der Waals surface area contributed by atoms with Crippen molar-refractivity contribution < 1.29 is 9.59 Å². The summed E-state index contributed by atoms with van der Waals surface area (Å²) >= 11 is 13.7. The lowest BCUT2D eigenvalue weighted by atomic mass is 10.1. The van der Waals surface area contributed by atoms with E-state index in [1.807, 2.05) is 26.0 Å². The summed E-state index contributed by atoms with van der Waals surface area (Å²) in [5.74, 6) is 0.825. The number of hydrogen-bond donors (Lipinski definition) is 1. The quantitative estimate of drug-likeness (QED) is 0.504. The summed E-state index contributed by atoms with van der Waals surface area (Å²) in [5.41, 5.74) is 3.21. The second-order valence-electron chi connectivity index (χ2n) is 7.07. The lowest BCUT2D eigenvalue weighted by Gasteiger charge is -2.30. The number of nitrogens with zero attached hydrogens (tertiary/aromatic N) is 1. The number of thioether (sulfide) groups is 1. The standard InChI is InChI=1S/C23H28Cl2N2O2S/c1-4-21(23(29)26-5-2)27(13-17-9-10-19(24)20(25)12-17)22(28)15-30-14-18-8-6-7-16(3)11-18/h6-12,21H,4-5,13-15H2,1-3H3,(H,26,29). The molecular formula is C23H28Cl2N2O2S. The van der Waals surface area contributed by atoms with Gasteiger partial charge in [-0.05, 0) is 43.5 Å². The van der Waals surface area contributed by atoms with Crippen molar-refractivity contribution in [2.24, 2.45) is 0 Å². The molecule has 0 radical (unpaired) electrons. The Morgan fingerprint density at radius 2 is 1.83 bits per heavy atom. The molecular weight excluding hydrogens is 439 g/mol. The van der Waals surface area contributed by atoms with Crippen LogP contribution in [-0.2, 0) is 21.9 Å². The van der Waals surface area contributed by atoms with Crippen LogP contribution in [0.5, 0.6) is 0 Å². The lowest BCUT2D eigenvalue weighted by Crippen LogP contribution is -2.49. The molecule has 30 heavy (non-hydrogen) atoms. The van der Waals surface area contributed by atoms with Crippen molar-refractivity contribution >= 4 is 46.8 Å². The van der Waals surface area contributed by atoms with Crippen molar-refractivity contribution in [1.29, 1.82) is 0 Å². The molecule has 0 aliphatic rings. The zero-order chi connectivity index (χ0) is 22.1. The third kappa shape index (κ3) is 7.22. The number of benzene rings is 2. The molecule has 2 amide bonds. The molecule has 1 atom stereocenters. The number of nitrogens with one attached hydrogen (secondary N) is 1. The molecule has 1 unspecified atom stereocenters. The molecule has 1 N–H and O–H groups in total. The molecule has 4 nitrogen and oxygen atoms in total. The number of hydrogen-bond acceptors (Lipinski definition) is 3. The Labute approximate surface area is 193 Å². The number of rotatable bonds is 10. The zero-order valence-corrected chi connectivity index (χ0v) is 19.9. The third-order valence-electron chi connectivity index (χ3n) is 4.65. The van der Waals surface area contributed by atoms with E-state index in [4.69, 9.17) is 23.2 Å². The summed E-state index contributed by atoms with van der Waals surface area (Å²) in [4.78, 5) is 27.4. The number of halogens is 2. The van der Waals surface area contributed by atoms with Crippen LogP contribution in [-0.4, -0.2) is 35.1 Å². The second-order valence-corrected chi connectivity index (χ2v) is 8.87. The first-order valence-corrected chi connectivity index (χ1v) is 11.9. The van der Waals surface area contributed by atoms with Crippen molar-refractivity contribution in [3.8, 4) is 0 Å². The van der Waals surface area contributed by atoms with Gasteiger partial charge < -0.3 is 10.2 Å². The molecule has 0 aliphatic carbocycles. The molecule has 0 aromatic heterocycles. The van der Waals surface area contributed by atoms with Crippen molar-refractivity contribution in [2.45, 2.75) is 45.5 Å². The fraction of sp³-hybridized carbons (Fsp3) is 0.391. The number of carbonyl (C=O) groups is 2. The van der Waals surface area contributed by atoms with Crippen molar-refractivity contribution in [1.82, 2.24) is 10.2 Å². The third-order valence-corrected chi connectivity index (χ3v) is 6.38. The molecule has 2 rings (SSSR count). The van der Waals surface area contributed by atoms with E-state index < -0.39 is 6.04 Å². The minimum Gasteiger partial charge on any atom is -0.355 e. The van der Waals surface area contributed by atoms with Crippen LogP contribution < -0.4 is 5.32 Å². The Kier molecular flexibility index (Phi) is 10.0. The Bertz CT molecular complexity index is 876. The first kappa shape index (κ1) is 24.6. The van der Waals surface area contributed by atoms with Gasteiger partial charge in [-0.25, -0.2) is 0 Å². The van der Waals surface area contributed by atoms with Crippen LogP contribution in [0.4, 0.5) is 0 Å². The van der Waals surface area contributed by atoms with Gasteiger partial charge in [0.25, 0.3) is 0 Å². The van der Waals surface area contributed by atoms with Crippen LogP contribution in [0.15, 0.2) is 42.5 Å². The molecule has 0 spiro atoms. The highest BCUT2D eigenvalue weighted by Crippen LogP contribution is 2.24. The molecule has 2 aromatic rings. The van der Waals surface area contributed by atoms with Gasteiger partial charge in [-0.1, -0.05) is 66.0 Å². The molecule has 0 bridgehead atoms. The van der Waals surface area contributed by atoms with Gasteiger partial charge >= 0.3 is 0 Å². The first-order chi connectivity index (χ1) is 14.3. The summed E-state index contributed by atoms with van der Waals surface area (Å²) in [7, 11) is 0. The zero-order valence-electron chi connectivity index (χ0n) is 17.6. The molecule has 0 heterocycles. The molecule has 0 saturated heterocycles. The topological polar surface area (TPSA) is 49.4 Å². The van der Waals surface area contributed by atoms with Gasteiger partial charge in [0.15, 0.2) is 0 Å². The van der Waals surface area contributed by atoms with E-state index >= 15 is 0 Å². The van der Waals surface area contributed by atoms with E-state index in [0.29, 0.717) is 35.3 Å². The minimum absolute atomic E-state index is 0.0724. The van der Waals surface area contributed by atoms with Crippen molar-refractivity contribution in [2.75, 3.05) is 12.3 Å². The van der Waals surface area contributed by atoms with E-state index in [0.717, 1.165) is 11.3 Å². The molecule has 0 fully saturated rings. The lowest BCUT2D eigenvalue weighted by molar-refractivity contribution is -0.139. The van der Waals surface area contributed by atoms with Gasteiger partial charge in [-0.2, -0.15) is 0 Å². The second kappa shape index (κ2) is 12.2. The minimum atomic E-state index is -0.536. The molecule has 2 aromatic carbocycles. The maximum absolute atomic E-state index is 13.1. The Morgan fingerprint density at radius 1 is 1.07 bits per heavy atom. The summed E-state index contributed by atoms with van der Waals surface area (Å²) < 4.78 is 0.